The molecular weight excluding hydrogens is 304 g/mol. The highest BCUT2D eigenvalue weighted by atomic mass is 79.9. The van der Waals surface area contributed by atoms with Gasteiger partial charge in [-0.25, -0.2) is 4.98 Å². The third-order valence-electron chi connectivity index (χ3n) is 3.79. The summed E-state index contributed by atoms with van der Waals surface area (Å²) in [5, 5.41) is 10.4. The average molecular weight is 321 g/mol. The minimum Gasteiger partial charge on any atom is -0.305 e. The maximum Gasteiger partial charge on any atom is 0.141 e. The molecule has 100 valence electrons. The molecule has 1 aromatic heterocycles. The van der Waals surface area contributed by atoms with Gasteiger partial charge in [-0.2, -0.15) is 5.10 Å². The second kappa shape index (κ2) is 5.43. The van der Waals surface area contributed by atoms with E-state index in [1.54, 1.807) is 6.33 Å². The van der Waals surface area contributed by atoms with Crippen LogP contribution in [0.2, 0.25) is 0 Å². The molecular formula is C14H17BrN4. The van der Waals surface area contributed by atoms with Crippen molar-refractivity contribution in [3.05, 3.63) is 46.5 Å². The molecule has 0 bridgehead atoms. The fourth-order valence-corrected chi connectivity index (χ4v) is 3.06. The minimum absolute atomic E-state index is 0.232. The molecule has 0 saturated heterocycles. The highest BCUT2D eigenvalue weighted by Gasteiger charge is 2.31. The molecule has 0 spiro atoms. The van der Waals surface area contributed by atoms with Crippen LogP contribution in [0.25, 0.3) is 0 Å². The molecule has 1 aliphatic rings. The summed E-state index contributed by atoms with van der Waals surface area (Å²) in [6.07, 6.45) is 3.93. The van der Waals surface area contributed by atoms with Gasteiger partial charge in [0.15, 0.2) is 0 Å². The molecule has 2 aromatic rings. The molecule has 1 unspecified atom stereocenters. The van der Waals surface area contributed by atoms with E-state index in [-0.39, 0.29) is 6.04 Å². The van der Waals surface area contributed by atoms with Crippen molar-refractivity contribution in [1.29, 1.82) is 0 Å². The maximum atomic E-state index is 4.18. The second-order valence-electron chi connectivity index (χ2n) is 5.18. The van der Waals surface area contributed by atoms with Gasteiger partial charge in [0.25, 0.3) is 0 Å². The Labute approximate surface area is 121 Å². The molecule has 1 atom stereocenters. The zero-order valence-corrected chi connectivity index (χ0v) is 12.4. The van der Waals surface area contributed by atoms with E-state index in [9.17, 15) is 0 Å². The van der Waals surface area contributed by atoms with Crippen molar-refractivity contribution in [3.8, 4) is 0 Å². The van der Waals surface area contributed by atoms with E-state index in [2.05, 4.69) is 67.6 Å². The van der Waals surface area contributed by atoms with E-state index in [1.807, 2.05) is 0 Å². The van der Waals surface area contributed by atoms with Crippen molar-refractivity contribution < 1.29 is 0 Å². The van der Waals surface area contributed by atoms with Gasteiger partial charge in [-0.15, -0.1) is 0 Å². The van der Waals surface area contributed by atoms with Gasteiger partial charge in [-0.05, 0) is 43.4 Å². The largest absolute Gasteiger partial charge is 0.305 e. The number of halogens is 1. The van der Waals surface area contributed by atoms with Crippen molar-refractivity contribution in [3.63, 3.8) is 0 Å². The summed E-state index contributed by atoms with van der Waals surface area (Å²) in [5.74, 6) is 1.59. The van der Waals surface area contributed by atoms with E-state index in [0.717, 1.165) is 10.3 Å². The quantitative estimate of drug-likeness (QED) is 0.909. The first-order valence-corrected chi connectivity index (χ1v) is 7.38. The lowest BCUT2D eigenvalue weighted by molar-refractivity contribution is 0.267. The van der Waals surface area contributed by atoms with Crippen LogP contribution in [0.4, 0.5) is 0 Å². The Morgan fingerprint density at radius 2 is 2.26 bits per heavy atom. The number of nitrogens with zero attached hydrogens (tertiary/aromatic N) is 2. The van der Waals surface area contributed by atoms with Crippen LogP contribution in [0.15, 0.2) is 35.1 Å². The number of nitrogens with one attached hydrogen (secondary N) is 2. The fourth-order valence-electron chi connectivity index (χ4n) is 2.64. The molecule has 0 radical (unpaired) electrons. The summed E-state index contributed by atoms with van der Waals surface area (Å²) >= 11 is 3.53. The van der Waals surface area contributed by atoms with Crippen molar-refractivity contribution in [2.24, 2.45) is 0 Å². The topological polar surface area (TPSA) is 53.6 Å². The molecule has 4 nitrogen and oxygen atoms in total. The van der Waals surface area contributed by atoms with E-state index in [4.69, 9.17) is 0 Å². The number of H-pyrrole nitrogens is 1. The third-order valence-corrected chi connectivity index (χ3v) is 4.28. The van der Waals surface area contributed by atoms with Crippen LogP contribution < -0.4 is 5.32 Å². The van der Waals surface area contributed by atoms with Gasteiger partial charge in [-0.1, -0.05) is 28.1 Å². The molecule has 5 heteroatoms. The van der Waals surface area contributed by atoms with E-state index in [1.165, 1.54) is 18.4 Å². The summed E-state index contributed by atoms with van der Waals surface area (Å²) < 4.78 is 1.16. The Bertz CT molecular complexity index is 534. The van der Waals surface area contributed by atoms with Crippen molar-refractivity contribution >= 4 is 15.9 Å². The lowest BCUT2D eigenvalue weighted by Crippen LogP contribution is -2.41. The van der Waals surface area contributed by atoms with Gasteiger partial charge in [0.2, 0.25) is 0 Å². The normalized spacial score (nSPS) is 23.9. The minimum atomic E-state index is 0.232. The number of hydrogen-bond acceptors (Lipinski definition) is 3. The summed E-state index contributed by atoms with van der Waals surface area (Å²) in [5.41, 5.74) is 1.43. The van der Waals surface area contributed by atoms with Crippen LogP contribution in [0.3, 0.4) is 0 Å². The average Bonchev–Trinajstić information content (AvgIpc) is 2.86. The highest BCUT2D eigenvalue weighted by Crippen LogP contribution is 2.38. The van der Waals surface area contributed by atoms with Crippen LogP contribution in [-0.4, -0.2) is 21.2 Å². The van der Waals surface area contributed by atoms with E-state index >= 15 is 0 Å². The van der Waals surface area contributed by atoms with Crippen LogP contribution in [0.5, 0.6) is 0 Å². The molecule has 1 aromatic carbocycles. The number of aromatic nitrogens is 3. The SMILES string of the molecule is CC(NC1CC(c2cccc(Br)c2)C1)c1ncn[nH]1. The zero-order valence-electron chi connectivity index (χ0n) is 10.8. The first-order valence-electron chi connectivity index (χ1n) is 6.59. The van der Waals surface area contributed by atoms with E-state index in [0.29, 0.717) is 12.0 Å². The Morgan fingerprint density at radius 1 is 1.42 bits per heavy atom. The van der Waals surface area contributed by atoms with Gasteiger partial charge in [0.1, 0.15) is 12.2 Å². The Hall–Kier alpha value is -1.20. The standard InChI is InChI=1S/C14H17BrN4/c1-9(14-16-8-17-19-14)18-13-6-11(7-13)10-3-2-4-12(15)5-10/h2-5,8-9,11,13,18H,6-7H2,1H3,(H,16,17,19). The molecule has 1 saturated carbocycles. The van der Waals surface area contributed by atoms with Gasteiger partial charge in [-0.3, -0.25) is 5.10 Å². The smallest absolute Gasteiger partial charge is 0.141 e. The molecule has 19 heavy (non-hydrogen) atoms. The van der Waals surface area contributed by atoms with Gasteiger partial charge < -0.3 is 5.32 Å². The molecule has 1 aliphatic carbocycles. The number of benzene rings is 1. The number of rotatable bonds is 4. The Morgan fingerprint density at radius 3 is 2.95 bits per heavy atom. The third kappa shape index (κ3) is 2.87. The first kappa shape index (κ1) is 12.8. The van der Waals surface area contributed by atoms with E-state index < -0.39 is 0 Å². The molecule has 3 rings (SSSR count). The molecule has 0 amide bonds. The molecule has 1 heterocycles. The van der Waals surface area contributed by atoms with Crippen LogP contribution in [-0.2, 0) is 0 Å². The lowest BCUT2D eigenvalue weighted by Gasteiger charge is -2.37. The predicted molar refractivity (Wildman–Crippen MR) is 77.8 cm³/mol. The van der Waals surface area contributed by atoms with Gasteiger partial charge >= 0.3 is 0 Å². The Kier molecular flexibility index (Phi) is 3.66. The summed E-state index contributed by atoms with van der Waals surface area (Å²) in [4.78, 5) is 4.18. The lowest BCUT2D eigenvalue weighted by atomic mass is 9.75. The predicted octanol–water partition coefficient (Wildman–Crippen LogP) is 3.16. The second-order valence-corrected chi connectivity index (χ2v) is 6.09. The number of hydrogen-bond donors (Lipinski definition) is 2. The zero-order chi connectivity index (χ0) is 13.2. The van der Waals surface area contributed by atoms with Crippen LogP contribution >= 0.6 is 15.9 Å². The first-order chi connectivity index (χ1) is 9.22. The van der Waals surface area contributed by atoms with Gasteiger partial charge in [0.05, 0.1) is 6.04 Å². The molecule has 2 N–H and O–H groups in total. The number of aromatic amines is 1. The summed E-state index contributed by atoms with van der Waals surface area (Å²) in [7, 11) is 0. The van der Waals surface area contributed by atoms with Crippen LogP contribution in [0, 0.1) is 0 Å². The van der Waals surface area contributed by atoms with Crippen molar-refractivity contribution in [2.75, 3.05) is 0 Å². The monoisotopic (exact) mass is 320 g/mol. The Balaban J connectivity index is 1.53. The van der Waals surface area contributed by atoms with Gasteiger partial charge in [0, 0.05) is 10.5 Å². The van der Waals surface area contributed by atoms with Crippen molar-refractivity contribution in [2.45, 2.75) is 37.8 Å². The molecule has 1 fully saturated rings. The maximum absolute atomic E-state index is 4.18. The van der Waals surface area contributed by atoms with Crippen LogP contribution in [0.1, 0.15) is 43.1 Å². The molecule has 0 aliphatic heterocycles. The highest BCUT2D eigenvalue weighted by molar-refractivity contribution is 9.10. The summed E-state index contributed by atoms with van der Waals surface area (Å²) in [6.45, 7) is 2.12. The summed E-state index contributed by atoms with van der Waals surface area (Å²) in [6, 6.07) is 9.42. The van der Waals surface area contributed by atoms with Crippen molar-refractivity contribution in [1.82, 2.24) is 20.5 Å². The fraction of sp³-hybridized carbons (Fsp3) is 0.429.